The second-order valence-electron chi connectivity index (χ2n) is 2.67. The molecule has 1 aliphatic heterocycles. The van der Waals surface area contributed by atoms with Gasteiger partial charge in [-0.15, -0.1) is 0 Å². The Kier molecular flexibility index (Phi) is 2.23. The number of nitrogens with zero attached hydrogens (tertiary/aromatic N) is 1. The summed E-state index contributed by atoms with van der Waals surface area (Å²) in [4.78, 5) is 0.723. The summed E-state index contributed by atoms with van der Waals surface area (Å²) in [6, 6.07) is 2.63. The lowest BCUT2D eigenvalue weighted by atomic mass is 9.97. The van der Waals surface area contributed by atoms with Crippen LogP contribution in [0.5, 0.6) is 0 Å². The van der Waals surface area contributed by atoms with Crippen LogP contribution >= 0.6 is 12.2 Å². The maximum atomic E-state index is 8.57. The van der Waals surface area contributed by atoms with Gasteiger partial charge in [0.05, 0.1) is 17.0 Å². The van der Waals surface area contributed by atoms with E-state index in [2.05, 4.69) is 18.3 Å². The molecule has 0 amide bonds. The van der Waals surface area contributed by atoms with Gasteiger partial charge in [0.2, 0.25) is 0 Å². The van der Waals surface area contributed by atoms with Gasteiger partial charge in [0.25, 0.3) is 0 Å². The molecule has 10 heavy (non-hydrogen) atoms. The van der Waals surface area contributed by atoms with Crippen LogP contribution in [0.2, 0.25) is 0 Å². The van der Waals surface area contributed by atoms with Crippen LogP contribution in [0, 0.1) is 17.2 Å². The van der Waals surface area contributed by atoms with Gasteiger partial charge in [-0.2, -0.15) is 5.26 Å². The molecular weight excluding hydrogens is 144 g/mol. The summed E-state index contributed by atoms with van der Waals surface area (Å²) in [5, 5.41) is 11.7. The summed E-state index contributed by atoms with van der Waals surface area (Å²) < 4.78 is 0. The summed E-state index contributed by atoms with van der Waals surface area (Å²) >= 11 is 4.97. The molecule has 2 nitrogen and oxygen atoms in total. The number of hydrogen-bond acceptors (Lipinski definition) is 2. The third kappa shape index (κ3) is 1.45. The molecule has 0 aromatic heterocycles. The van der Waals surface area contributed by atoms with Gasteiger partial charge in [0.15, 0.2) is 0 Å². The summed E-state index contributed by atoms with van der Waals surface area (Å²) in [6.07, 6.45) is 1.97. The normalized spacial score (nSPS) is 32.6. The monoisotopic (exact) mass is 154 g/mol. The average Bonchev–Trinajstić information content (AvgIpc) is 1.88. The van der Waals surface area contributed by atoms with Gasteiger partial charge in [-0.1, -0.05) is 12.2 Å². The Hall–Kier alpha value is -0.620. The van der Waals surface area contributed by atoms with Gasteiger partial charge < -0.3 is 5.32 Å². The number of thiocarbonyl (C=S) groups is 1. The van der Waals surface area contributed by atoms with Crippen molar-refractivity contribution < 1.29 is 0 Å². The van der Waals surface area contributed by atoms with E-state index in [1.165, 1.54) is 0 Å². The lowest BCUT2D eigenvalue weighted by molar-refractivity contribution is 0.508. The zero-order valence-electron chi connectivity index (χ0n) is 5.92. The van der Waals surface area contributed by atoms with Crippen LogP contribution in [0.15, 0.2) is 0 Å². The van der Waals surface area contributed by atoms with Crippen molar-refractivity contribution in [3.8, 4) is 6.07 Å². The summed E-state index contributed by atoms with van der Waals surface area (Å²) in [5.74, 6) is -0.0359. The largest absolute Gasteiger partial charge is 0.376 e. The molecule has 3 heteroatoms. The highest BCUT2D eigenvalue weighted by Crippen LogP contribution is 2.14. The molecule has 0 saturated carbocycles. The maximum absolute atomic E-state index is 8.57. The molecule has 0 aromatic carbocycles. The van der Waals surface area contributed by atoms with Crippen LogP contribution in [0.1, 0.15) is 19.8 Å². The minimum absolute atomic E-state index is 0.0359. The van der Waals surface area contributed by atoms with Crippen molar-refractivity contribution in [1.82, 2.24) is 5.32 Å². The number of nitrogens with one attached hydrogen (secondary N) is 1. The Morgan fingerprint density at radius 2 is 2.40 bits per heavy atom. The van der Waals surface area contributed by atoms with E-state index in [1.807, 2.05) is 0 Å². The first kappa shape index (κ1) is 7.49. The predicted octanol–water partition coefficient (Wildman–Crippen LogP) is 1.23. The molecule has 1 heterocycles. The van der Waals surface area contributed by atoms with Gasteiger partial charge in [-0.05, 0) is 19.8 Å². The molecule has 1 fully saturated rings. The first-order valence-corrected chi connectivity index (χ1v) is 3.85. The second-order valence-corrected chi connectivity index (χ2v) is 3.11. The molecule has 1 rings (SSSR count). The van der Waals surface area contributed by atoms with Crippen molar-refractivity contribution >= 4 is 17.2 Å². The molecule has 2 unspecified atom stereocenters. The Bertz CT molecular complexity index is 183. The molecular formula is C7H10N2S. The average molecular weight is 154 g/mol. The molecule has 0 aliphatic carbocycles. The molecule has 1 aliphatic rings. The van der Waals surface area contributed by atoms with Crippen molar-refractivity contribution in [1.29, 1.82) is 5.26 Å². The predicted molar refractivity (Wildman–Crippen MR) is 43.5 cm³/mol. The van der Waals surface area contributed by atoms with E-state index in [-0.39, 0.29) is 5.92 Å². The minimum Gasteiger partial charge on any atom is -0.376 e. The molecule has 0 radical (unpaired) electrons. The van der Waals surface area contributed by atoms with Gasteiger partial charge >= 0.3 is 0 Å². The second kappa shape index (κ2) is 2.98. The molecule has 0 aromatic rings. The lowest BCUT2D eigenvalue weighted by Gasteiger charge is -2.24. The topological polar surface area (TPSA) is 35.8 Å². The highest BCUT2D eigenvalue weighted by molar-refractivity contribution is 7.80. The number of nitriles is 1. The highest BCUT2D eigenvalue weighted by Gasteiger charge is 2.21. The van der Waals surface area contributed by atoms with Crippen molar-refractivity contribution in [2.75, 3.05) is 0 Å². The highest BCUT2D eigenvalue weighted by atomic mass is 32.1. The van der Waals surface area contributed by atoms with Crippen LogP contribution in [0.25, 0.3) is 0 Å². The fraction of sp³-hybridized carbons (Fsp3) is 0.714. The third-order valence-electron chi connectivity index (χ3n) is 1.75. The van der Waals surface area contributed by atoms with Crippen LogP contribution in [0.4, 0.5) is 0 Å². The maximum Gasteiger partial charge on any atom is 0.0965 e. The van der Waals surface area contributed by atoms with Crippen molar-refractivity contribution in [2.45, 2.75) is 25.8 Å². The van der Waals surface area contributed by atoms with Gasteiger partial charge in [-0.3, -0.25) is 0 Å². The van der Waals surface area contributed by atoms with Gasteiger partial charge in [0, 0.05) is 6.04 Å². The van der Waals surface area contributed by atoms with Crippen LogP contribution < -0.4 is 5.32 Å². The zero-order chi connectivity index (χ0) is 7.56. The molecule has 1 N–H and O–H groups in total. The Labute approximate surface area is 66.2 Å². The summed E-state index contributed by atoms with van der Waals surface area (Å²) in [7, 11) is 0. The van der Waals surface area contributed by atoms with Crippen LogP contribution in [-0.2, 0) is 0 Å². The van der Waals surface area contributed by atoms with E-state index in [0.29, 0.717) is 6.04 Å². The van der Waals surface area contributed by atoms with E-state index < -0.39 is 0 Å². The SMILES string of the molecule is CC1CCC(C#N)C(=S)N1. The van der Waals surface area contributed by atoms with Gasteiger partial charge in [-0.25, -0.2) is 0 Å². The van der Waals surface area contributed by atoms with Gasteiger partial charge in [0.1, 0.15) is 0 Å². The summed E-state index contributed by atoms with van der Waals surface area (Å²) in [6.45, 7) is 2.08. The first-order chi connectivity index (χ1) is 4.74. The van der Waals surface area contributed by atoms with Crippen LogP contribution in [0.3, 0.4) is 0 Å². The van der Waals surface area contributed by atoms with E-state index >= 15 is 0 Å². The number of piperidine rings is 1. The van der Waals surface area contributed by atoms with E-state index in [1.54, 1.807) is 0 Å². The quantitative estimate of drug-likeness (QED) is 0.533. The molecule has 0 spiro atoms. The standard InChI is InChI=1S/C7H10N2S/c1-5-2-3-6(4-8)7(10)9-5/h5-6H,2-3H2,1H3,(H,9,10). The summed E-state index contributed by atoms with van der Waals surface area (Å²) in [5.41, 5.74) is 0. The first-order valence-electron chi connectivity index (χ1n) is 3.44. The number of hydrogen-bond donors (Lipinski definition) is 1. The Morgan fingerprint density at radius 3 is 2.90 bits per heavy atom. The van der Waals surface area contributed by atoms with Crippen molar-refractivity contribution in [3.05, 3.63) is 0 Å². The van der Waals surface area contributed by atoms with E-state index in [4.69, 9.17) is 17.5 Å². The van der Waals surface area contributed by atoms with Crippen molar-refractivity contribution in [2.24, 2.45) is 5.92 Å². The fourth-order valence-corrected chi connectivity index (χ4v) is 1.46. The van der Waals surface area contributed by atoms with Crippen LogP contribution in [-0.4, -0.2) is 11.0 Å². The molecule has 1 saturated heterocycles. The molecule has 2 atom stereocenters. The molecule has 0 bridgehead atoms. The lowest BCUT2D eigenvalue weighted by Crippen LogP contribution is -2.40. The third-order valence-corrected chi connectivity index (χ3v) is 2.15. The Balaban J connectivity index is 2.54. The van der Waals surface area contributed by atoms with Crippen molar-refractivity contribution in [3.63, 3.8) is 0 Å². The fourth-order valence-electron chi connectivity index (χ4n) is 1.09. The van der Waals surface area contributed by atoms with E-state index in [0.717, 1.165) is 17.8 Å². The minimum atomic E-state index is -0.0359. The Morgan fingerprint density at radius 1 is 1.70 bits per heavy atom. The number of rotatable bonds is 0. The molecule has 54 valence electrons. The van der Waals surface area contributed by atoms with E-state index in [9.17, 15) is 0 Å². The zero-order valence-corrected chi connectivity index (χ0v) is 6.74. The smallest absolute Gasteiger partial charge is 0.0965 e.